The Kier molecular flexibility index (Phi) is 7.63. The van der Waals surface area contributed by atoms with Crippen LogP contribution in [0.4, 0.5) is 0 Å². The van der Waals surface area contributed by atoms with E-state index in [1.807, 2.05) is 56.3 Å². The Balaban J connectivity index is 1.48. The molecular formula is C27H30N2O3S2. The molecule has 0 N–H and O–H groups in total. The molecule has 1 fully saturated rings. The minimum absolute atomic E-state index is 0.00578. The van der Waals surface area contributed by atoms with E-state index in [0.29, 0.717) is 34.8 Å². The fourth-order valence-corrected chi connectivity index (χ4v) is 5.15. The van der Waals surface area contributed by atoms with Crippen molar-refractivity contribution in [1.82, 2.24) is 9.47 Å². The molecule has 178 valence electrons. The monoisotopic (exact) mass is 494 g/mol. The Morgan fingerprint density at radius 2 is 1.74 bits per heavy atom. The number of aromatic nitrogens is 1. The summed E-state index contributed by atoms with van der Waals surface area (Å²) in [6.07, 6.45) is 4.19. The number of nitrogens with zero attached hydrogens (tertiary/aromatic N) is 2. The molecule has 1 aliphatic heterocycles. The third-order valence-electron chi connectivity index (χ3n) is 5.32. The lowest BCUT2D eigenvalue weighted by Gasteiger charge is -2.16. The number of thiocarbonyl (C=S) groups is 1. The van der Waals surface area contributed by atoms with Gasteiger partial charge in [-0.2, -0.15) is 0 Å². The molecule has 2 heterocycles. The fourth-order valence-electron chi connectivity index (χ4n) is 3.89. The van der Waals surface area contributed by atoms with Crippen LogP contribution in [0.5, 0.6) is 11.5 Å². The molecule has 1 aromatic heterocycles. The van der Waals surface area contributed by atoms with Crippen LogP contribution in [-0.2, 0) is 11.3 Å². The number of hydrogen-bond donors (Lipinski definition) is 0. The second-order valence-corrected chi connectivity index (χ2v) is 10.6. The molecule has 3 aromatic rings. The van der Waals surface area contributed by atoms with Gasteiger partial charge >= 0.3 is 0 Å². The third kappa shape index (κ3) is 5.65. The minimum atomic E-state index is -0.00578. The van der Waals surface area contributed by atoms with E-state index in [2.05, 4.69) is 36.7 Å². The molecule has 1 amide bonds. The number of hydrogen-bond acceptors (Lipinski definition) is 5. The third-order valence-corrected chi connectivity index (χ3v) is 6.70. The van der Waals surface area contributed by atoms with E-state index >= 15 is 0 Å². The maximum absolute atomic E-state index is 12.9. The van der Waals surface area contributed by atoms with Gasteiger partial charge in [-0.15, -0.1) is 0 Å². The molecule has 4 rings (SSSR count). The van der Waals surface area contributed by atoms with Gasteiger partial charge in [-0.25, -0.2) is 0 Å². The predicted molar refractivity (Wildman–Crippen MR) is 144 cm³/mol. The first-order chi connectivity index (χ1) is 16.3. The van der Waals surface area contributed by atoms with Crippen molar-refractivity contribution >= 4 is 51.2 Å². The zero-order valence-electron chi connectivity index (χ0n) is 20.0. The summed E-state index contributed by atoms with van der Waals surface area (Å²) in [5.41, 5.74) is 2.12. The van der Waals surface area contributed by atoms with Gasteiger partial charge in [0.1, 0.15) is 22.4 Å². The zero-order chi connectivity index (χ0) is 24.2. The average molecular weight is 495 g/mol. The van der Waals surface area contributed by atoms with Crippen molar-refractivity contribution in [2.24, 2.45) is 5.92 Å². The summed E-state index contributed by atoms with van der Waals surface area (Å²) in [4.78, 5) is 15.3. The van der Waals surface area contributed by atoms with Gasteiger partial charge in [0.05, 0.1) is 17.6 Å². The first kappa shape index (κ1) is 24.4. The lowest BCUT2D eigenvalue weighted by Crippen LogP contribution is -2.31. The summed E-state index contributed by atoms with van der Waals surface area (Å²) >= 11 is 6.84. The molecule has 0 unspecified atom stereocenters. The van der Waals surface area contributed by atoms with Crippen LogP contribution in [0.15, 0.2) is 59.6 Å². The average Bonchev–Trinajstić information content (AvgIpc) is 3.27. The van der Waals surface area contributed by atoms with E-state index in [9.17, 15) is 4.79 Å². The largest absolute Gasteiger partial charge is 0.492 e. The van der Waals surface area contributed by atoms with Crippen LogP contribution in [0, 0.1) is 5.92 Å². The van der Waals surface area contributed by atoms with Crippen molar-refractivity contribution in [3.8, 4) is 11.5 Å². The van der Waals surface area contributed by atoms with E-state index in [1.165, 1.54) is 11.8 Å². The number of ether oxygens (including phenoxy) is 2. The quantitative estimate of drug-likeness (QED) is 0.256. The predicted octanol–water partition coefficient (Wildman–Crippen LogP) is 6.36. The Labute approximate surface area is 210 Å². The second kappa shape index (κ2) is 10.7. The number of benzene rings is 2. The number of amides is 1. The lowest BCUT2D eigenvalue weighted by atomic mass is 10.1. The first-order valence-corrected chi connectivity index (χ1v) is 12.8. The highest BCUT2D eigenvalue weighted by atomic mass is 32.2. The molecule has 34 heavy (non-hydrogen) atoms. The standard InChI is InChI=1S/C27H30N2O3S2/c1-18(2)16-29-26(30)25(34-27(29)33)15-20-17-28(24-8-6-5-7-23(20)24)13-14-31-21-9-11-22(12-10-21)32-19(3)4/h5-12,15,17-19H,13-14,16H2,1-4H3/b25-15-. The highest BCUT2D eigenvalue weighted by Gasteiger charge is 2.32. The molecule has 5 nitrogen and oxygen atoms in total. The van der Waals surface area contributed by atoms with Gasteiger partial charge in [-0.1, -0.05) is 56.0 Å². The van der Waals surface area contributed by atoms with Crippen LogP contribution in [-0.4, -0.2) is 39.0 Å². The van der Waals surface area contributed by atoms with E-state index in [-0.39, 0.29) is 12.0 Å². The van der Waals surface area contributed by atoms with Crippen molar-refractivity contribution in [3.63, 3.8) is 0 Å². The van der Waals surface area contributed by atoms with Gasteiger partial charge in [-0.3, -0.25) is 9.69 Å². The molecule has 0 aliphatic carbocycles. The van der Waals surface area contributed by atoms with Crippen LogP contribution < -0.4 is 9.47 Å². The molecule has 0 atom stereocenters. The number of carbonyl (C=O) groups excluding carboxylic acids is 1. The maximum atomic E-state index is 12.9. The second-order valence-electron chi connectivity index (χ2n) is 8.97. The van der Waals surface area contributed by atoms with Gasteiger partial charge < -0.3 is 14.0 Å². The highest BCUT2D eigenvalue weighted by molar-refractivity contribution is 8.26. The number of fused-ring (bicyclic) bond motifs is 1. The summed E-state index contributed by atoms with van der Waals surface area (Å²) in [6.45, 7) is 10.1. The topological polar surface area (TPSA) is 43.7 Å². The van der Waals surface area contributed by atoms with Crippen LogP contribution in [0.2, 0.25) is 0 Å². The molecule has 1 saturated heterocycles. The smallest absolute Gasteiger partial charge is 0.266 e. The Morgan fingerprint density at radius 1 is 1.03 bits per heavy atom. The van der Waals surface area contributed by atoms with Crippen LogP contribution in [0.3, 0.4) is 0 Å². The molecule has 7 heteroatoms. The molecule has 0 bridgehead atoms. The van der Waals surface area contributed by atoms with Gasteiger partial charge in [0.25, 0.3) is 5.91 Å². The van der Waals surface area contributed by atoms with Gasteiger partial charge in [0.15, 0.2) is 0 Å². The Hall–Kier alpha value is -2.77. The first-order valence-electron chi connectivity index (χ1n) is 11.5. The van der Waals surface area contributed by atoms with E-state index in [0.717, 1.165) is 28.0 Å². The normalized spacial score (nSPS) is 15.4. The van der Waals surface area contributed by atoms with Crippen molar-refractivity contribution in [2.75, 3.05) is 13.2 Å². The zero-order valence-corrected chi connectivity index (χ0v) is 21.6. The minimum Gasteiger partial charge on any atom is -0.492 e. The van der Waals surface area contributed by atoms with Gasteiger partial charge in [-0.05, 0) is 56.2 Å². The highest BCUT2D eigenvalue weighted by Crippen LogP contribution is 2.34. The number of thioether (sulfide) groups is 1. The Morgan fingerprint density at radius 3 is 2.44 bits per heavy atom. The summed E-state index contributed by atoms with van der Waals surface area (Å²) in [5, 5.41) is 1.10. The van der Waals surface area contributed by atoms with E-state index in [1.54, 1.807) is 4.90 Å². The lowest BCUT2D eigenvalue weighted by molar-refractivity contribution is -0.122. The SMILES string of the molecule is CC(C)CN1C(=O)/C(=C/c2cn(CCOc3ccc(OC(C)C)cc3)c3ccccc23)SC1=S. The van der Waals surface area contributed by atoms with E-state index < -0.39 is 0 Å². The maximum Gasteiger partial charge on any atom is 0.266 e. The van der Waals surface area contributed by atoms with Gasteiger partial charge in [0.2, 0.25) is 0 Å². The van der Waals surface area contributed by atoms with Crippen LogP contribution >= 0.6 is 24.0 Å². The van der Waals surface area contributed by atoms with Crippen molar-refractivity contribution in [3.05, 3.63) is 65.2 Å². The molecule has 2 aromatic carbocycles. The van der Waals surface area contributed by atoms with Crippen LogP contribution in [0.1, 0.15) is 33.3 Å². The van der Waals surface area contributed by atoms with Gasteiger partial charge in [0, 0.05) is 29.2 Å². The van der Waals surface area contributed by atoms with Crippen molar-refractivity contribution in [2.45, 2.75) is 40.3 Å². The van der Waals surface area contributed by atoms with Crippen molar-refractivity contribution < 1.29 is 14.3 Å². The molecule has 0 spiro atoms. The summed E-state index contributed by atoms with van der Waals surface area (Å²) < 4.78 is 14.5. The summed E-state index contributed by atoms with van der Waals surface area (Å²) in [7, 11) is 0. The van der Waals surface area contributed by atoms with E-state index in [4.69, 9.17) is 21.7 Å². The van der Waals surface area contributed by atoms with Crippen molar-refractivity contribution in [1.29, 1.82) is 0 Å². The number of para-hydroxylation sites is 1. The Bertz CT molecular complexity index is 1210. The summed E-state index contributed by atoms with van der Waals surface area (Å²) in [5.74, 6) is 2.00. The fraction of sp³-hybridized carbons (Fsp3) is 0.333. The molecule has 1 aliphatic rings. The summed E-state index contributed by atoms with van der Waals surface area (Å²) in [6, 6.07) is 15.9. The molecule has 0 radical (unpaired) electrons. The number of carbonyl (C=O) groups is 1. The molecular weight excluding hydrogens is 464 g/mol. The number of rotatable bonds is 9. The van der Waals surface area contributed by atoms with Crippen LogP contribution in [0.25, 0.3) is 17.0 Å². The molecule has 0 saturated carbocycles.